The maximum atomic E-state index is 6.98. The molecular formula is C68H47NO2. The van der Waals surface area contributed by atoms with Crippen LogP contribution in [0.25, 0.3) is 78.6 Å². The van der Waals surface area contributed by atoms with Gasteiger partial charge in [0.25, 0.3) is 0 Å². The van der Waals surface area contributed by atoms with Gasteiger partial charge < -0.3 is 14.1 Å². The third kappa shape index (κ3) is 5.84. The summed E-state index contributed by atoms with van der Waals surface area (Å²) < 4.78 is 13.9. The fourth-order valence-electron chi connectivity index (χ4n) is 12.3. The van der Waals surface area contributed by atoms with Crippen molar-refractivity contribution in [3.05, 3.63) is 270 Å². The molecule has 3 nitrogen and oxygen atoms in total. The van der Waals surface area contributed by atoms with Crippen LogP contribution in [-0.2, 0) is 10.8 Å². The van der Waals surface area contributed by atoms with E-state index in [1.54, 1.807) is 0 Å². The summed E-state index contributed by atoms with van der Waals surface area (Å²) in [4.78, 5) is 2.45. The molecule has 1 aromatic heterocycles. The van der Waals surface area contributed by atoms with E-state index in [4.69, 9.17) is 9.15 Å². The topological polar surface area (TPSA) is 25.6 Å². The third-order valence-electron chi connectivity index (χ3n) is 15.7. The normalized spacial score (nSPS) is 13.9. The van der Waals surface area contributed by atoms with E-state index in [0.717, 1.165) is 83.9 Å². The van der Waals surface area contributed by atoms with Gasteiger partial charge in [-0.3, -0.25) is 0 Å². The molecule has 71 heavy (non-hydrogen) atoms. The van der Waals surface area contributed by atoms with E-state index >= 15 is 0 Å². The number of anilines is 3. The molecular weight excluding hydrogens is 863 g/mol. The molecule has 0 radical (unpaired) electrons. The summed E-state index contributed by atoms with van der Waals surface area (Å²) in [5.74, 6) is 1.72. The molecule has 11 aromatic rings. The van der Waals surface area contributed by atoms with Crippen LogP contribution in [0.2, 0.25) is 0 Å². The van der Waals surface area contributed by atoms with Crippen molar-refractivity contribution < 1.29 is 9.15 Å². The second kappa shape index (κ2) is 15.3. The van der Waals surface area contributed by atoms with Crippen molar-refractivity contribution in [2.75, 3.05) is 4.90 Å². The third-order valence-corrected chi connectivity index (χ3v) is 15.7. The number of hydrogen-bond acceptors (Lipinski definition) is 3. The molecule has 336 valence electrons. The van der Waals surface area contributed by atoms with Crippen molar-refractivity contribution >= 4 is 51.2 Å². The lowest BCUT2D eigenvalue weighted by Gasteiger charge is -2.40. The molecule has 0 bridgehead atoms. The lowest BCUT2D eigenvalue weighted by Crippen LogP contribution is -2.32. The molecule has 0 N–H and O–H groups in total. The Morgan fingerprint density at radius 3 is 1.72 bits per heavy atom. The first-order valence-corrected chi connectivity index (χ1v) is 24.5. The first kappa shape index (κ1) is 41.1. The molecule has 0 atom stereocenters. The van der Waals surface area contributed by atoms with Crippen LogP contribution in [0, 0.1) is 0 Å². The summed E-state index contributed by atoms with van der Waals surface area (Å²) in [7, 11) is 0. The van der Waals surface area contributed by atoms with Gasteiger partial charge in [-0.2, -0.15) is 0 Å². The highest BCUT2D eigenvalue weighted by atomic mass is 16.5. The summed E-state index contributed by atoms with van der Waals surface area (Å²) >= 11 is 0. The summed E-state index contributed by atoms with van der Waals surface area (Å²) in [6.07, 6.45) is 3.77. The van der Waals surface area contributed by atoms with Gasteiger partial charge in [-0.1, -0.05) is 197 Å². The number of para-hydroxylation sites is 2. The summed E-state index contributed by atoms with van der Waals surface area (Å²) in [6.45, 7) is 12.7. The molecule has 2 aliphatic carbocycles. The van der Waals surface area contributed by atoms with Crippen molar-refractivity contribution in [3.8, 4) is 56.0 Å². The Hall–Kier alpha value is -8.92. The minimum absolute atomic E-state index is 0.267. The molecule has 0 fully saturated rings. The molecule has 3 heteroatoms. The zero-order valence-electron chi connectivity index (χ0n) is 39.5. The monoisotopic (exact) mass is 909 g/mol. The number of rotatable bonds is 7. The highest BCUT2D eigenvalue weighted by molar-refractivity contribution is 6.16. The van der Waals surface area contributed by atoms with Gasteiger partial charge in [0, 0.05) is 38.9 Å². The number of nitrogens with zero attached hydrogens (tertiary/aromatic N) is 1. The molecule has 10 aromatic carbocycles. The average Bonchev–Trinajstić information content (AvgIpc) is 4.04. The van der Waals surface area contributed by atoms with Crippen LogP contribution < -0.4 is 9.64 Å². The van der Waals surface area contributed by atoms with Crippen LogP contribution in [0.5, 0.6) is 11.5 Å². The van der Waals surface area contributed by atoms with Gasteiger partial charge in [0.1, 0.15) is 22.7 Å². The highest BCUT2D eigenvalue weighted by Gasteiger charge is 2.51. The number of furan rings is 1. The van der Waals surface area contributed by atoms with E-state index in [-0.39, 0.29) is 5.41 Å². The molecule has 0 unspecified atom stereocenters. The smallest absolute Gasteiger partial charge is 0.143 e. The summed E-state index contributed by atoms with van der Waals surface area (Å²) in [5.41, 5.74) is 23.0. The fourth-order valence-corrected chi connectivity index (χ4v) is 12.3. The van der Waals surface area contributed by atoms with Gasteiger partial charge in [0.05, 0.1) is 16.5 Å². The number of benzene rings is 10. The largest absolute Gasteiger partial charge is 0.457 e. The van der Waals surface area contributed by atoms with Crippen LogP contribution in [0.1, 0.15) is 58.4 Å². The van der Waals surface area contributed by atoms with Gasteiger partial charge in [0.2, 0.25) is 0 Å². The maximum Gasteiger partial charge on any atom is 0.143 e. The number of fused-ring (bicyclic) bond motifs is 15. The molecule has 1 spiro atoms. The second-order valence-electron chi connectivity index (χ2n) is 19.7. The number of hydrogen-bond donors (Lipinski definition) is 0. The van der Waals surface area contributed by atoms with Crippen LogP contribution in [-0.4, -0.2) is 0 Å². The predicted molar refractivity (Wildman–Crippen MR) is 294 cm³/mol. The van der Waals surface area contributed by atoms with E-state index in [1.165, 1.54) is 55.6 Å². The Morgan fingerprint density at radius 1 is 0.423 bits per heavy atom. The zero-order valence-corrected chi connectivity index (χ0v) is 39.5. The quantitative estimate of drug-likeness (QED) is 0.159. The van der Waals surface area contributed by atoms with Crippen molar-refractivity contribution in [2.24, 2.45) is 0 Å². The van der Waals surface area contributed by atoms with Gasteiger partial charge in [-0.15, -0.1) is 0 Å². The molecule has 3 aliphatic rings. The SMILES string of the molecule is C=Cc1ccc(-c2ccc3c(c2)-c2ccc(N(c4ccc5c(c4)C4(c6ccccc6O5)c5ccccc5-c5ccccc54)c4cccc5oc6c(-c7ccc(C=C)cc7)cccc6c45)cc2C3(C)C)cc1. The number of ether oxygens (including phenoxy) is 1. The molecule has 14 rings (SSSR count). The minimum atomic E-state index is -0.630. The van der Waals surface area contributed by atoms with Crippen molar-refractivity contribution in [3.63, 3.8) is 0 Å². The molecule has 1 aliphatic heterocycles. The van der Waals surface area contributed by atoms with Crippen molar-refractivity contribution in [1.82, 2.24) is 0 Å². The van der Waals surface area contributed by atoms with E-state index < -0.39 is 5.41 Å². The average molecular weight is 910 g/mol. The van der Waals surface area contributed by atoms with Gasteiger partial charge in [-0.05, 0) is 127 Å². The fraction of sp³-hybridized carbons (Fsp3) is 0.0588. The first-order valence-electron chi connectivity index (χ1n) is 24.5. The summed E-state index contributed by atoms with van der Waals surface area (Å²) in [6, 6.07) is 77.5. The Morgan fingerprint density at radius 2 is 1.00 bits per heavy atom. The maximum absolute atomic E-state index is 6.98. The van der Waals surface area contributed by atoms with Crippen molar-refractivity contribution in [1.29, 1.82) is 0 Å². The summed E-state index contributed by atoms with van der Waals surface area (Å²) in [5, 5.41) is 2.10. The standard InChI is InChI=1S/C68H47NO2/c1-5-42-25-29-44(30-26-42)46-33-37-55-54(39-46)52-36-34-47(40-59(52)67(55,3)4)69(61-22-14-24-64-65(61)53-18-13-17-49(66(53)71-64)45-31-27-43(6-2)28-32-45)48-35-38-63-60(41-48)68(58-21-11-12-23-62(58)70-63)56-19-9-7-15-50(56)51-16-8-10-20-57(51)68/h5-41H,1-2H2,3-4H3. The molecule has 0 saturated heterocycles. The predicted octanol–water partition coefficient (Wildman–Crippen LogP) is 18.5. The second-order valence-corrected chi connectivity index (χ2v) is 19.7. The van der Waals surface area contributed by atoms with Crippen molar-refractivity contribution in [2.45, 2.75) is 24.7 Å². The zero-order chi connectivity index (χ0) is 47.6. The first-order chi connectivity index (χ1) is 34.8. The van der Waals surface area contributed by atoms with Crippen LogP contribution in [0.4, 0.5) is 17.1 Å². The van der Waals surface area contributed by atoms with E-state index in [2.05, 4.69) is 244 Å². The van der Waals surface area contributed by atoms with Crippen LogP contribution >= 0.6 is 0 Å². The van der Waals surface area contributed by atoms with Crippen LogP contribution in [0.15, 0.2) is 230 Å². The molecule has 0 amide bonds. The minimum Gasteiger partial charge on any atom is -0.457 e. The highest BCUT2D eigenvalue weighted by Crippen LogP contribution is 2.63. The van der Waals surface area contributed by atoms with E-state index in [1.807, 2.05) is 12.2 Å². The Kier molecular flexibility index (Phi) is 8.85. The Bertz CT molecular complexity index is 3990. The molecule has 2 heterocycles. The van der Waals surface area contributed by atoms with Gasteiger partial charge >= 0.3 is 0 Å². The lowest BCUT2D eigenvalue weighted by atomic mass is 9.66. The van der Waals surface area contributed by atoms with Gasteiger partial charge in [-0.25, -0.2) is 0 Å². The molecule has 0 saturated carbocycles. The lowest BCUT2D eigenvalue weighted by molar-refractivity contribution is 0.436. The van der Waals surface area contributed by atoms with Gasteiger partial charge in [0.15, 0.2) is 0 Å². The van der Waals surface area contributed by atoms with E-state index in [0.29, 0.717) is 0 Å². The Labute approximate surface area is 413 Å². The Balaban J connectivity index is 1.02. The van der Waals surface area contributed by atoms with E-state index in [9.17, 15) is 0 Å². The van der Waals surface area contributed by atoms with Crippen LogP contribution in [0.3, 0.4) is 0 Å².